The normalized spacial score (nSPS) is 16.0. The fraction of sp³-hybridized carbons (Fsp3) is 0.190. The summed E-state index contributed by atoms with van der Waals surface area (Å²) >= 11 is 0. The van der Waals surface area contributed by atoms with Crippen molar-refractivity contribution in [3.8, 4) is 0 Å². The lowest BCUT2D eigenvalue weighted by Gasteiger charge is -2.15. The average Bonchev–Trinajstić information content (AvgIpc) is 2.97. The molecular formula is C21H17F3N2O3. The molecule has 2 aromatic carbocycles. The average molecular weight is 402 g/mol. The van der Waals surface area contributed by atoms with Crippen LogP contribution in [0.2, 0.25) is 0 Å². The van der Waals surface area contributed by atoms with Gasteiger partial charge in [-0.15, -0.1) is 0 Å². The summed E-state index contributed by atoms with van der Waals surface area (Å²) in [6.45, 7) is 1.24. The molecule has 0 saturated heterocycles. The molecule has 0 unspecified atom stereocenters. The summed E-state index contributed by atoms with van der Waals surface area (Å²) < 4.78 is 44.3. The van der Waals surface area contributed by atoms with Crippen molar-refractivity contribution >= 4 is 23.3 Å². The monoisotopic (exact) mass is 402 g/mol. The van der Waals surface area contributed by atoms with Gasteiger partial charge in [0.25, 0.3) is 5.91 Å². The first-order valence-corrected chi connectivity index (χ1v) is 8.65. The van der Waals surface area contributed by atoms with E-state index in [-0.39, 0.29) is 5.71 Å². The molecule has 0 atom stereocenters. The van der Waals surface area contributed by atoms with Crippen LogP contribution < -0.4 is 5.01 Å². The standard InChI is InChI=1S/C21H17F3N2O3/c1-13-17(18(20(28)29-2)21(22,23)24)19(27)26(25-13)16-10-8-15(9-11-16)12-14-6-4-3-5-7-14/h3-11H,12H2,1-2H3/b18-17-. The summed E-state index contributed by atoms with van der Waals surface area (Å²) in [5.41, 5.74) is -0.307. The number of carbonyl (C=O) groups excluding carboxylic acids is 2. The van der Waals surface area contributed by atoms with E-state index in [9.17, 15) is 22.8 Å². The summed E-state index contributed by atoms with van der Waals surface area (Å²) in [5.74, 6) is -2.66. The van der Waals surface area contributed by atoms with Crippen molar-refractivity contribution in [1.29, 1.82) is 0 Å². The molecule has 2 aromatic rings. The van der Waals surface area contributed by atoms with Gasteiger partial charge in [0.1, 0.15) is 0 Å². The maximum Gasteiger partial charge on any atom is 0.424 e. The number of benzene rings is 2. The minimum absolute atomic E-state index is 0.207. The summed E-state index contributed by atoms with van der Waals surface area (Å²) in [5, 5.41) is 4.77. The zero-order chi connectivity index (χ0) is 21.2. The van der Waals surface area contributed by atoms with Crippen LogP contribution in [-0.4, -0.2) is 30.9 Å². The molecule has 5 nitrogen and oxygen atoms in total. The van der Waals surface area contributed by atoms with Gasteiger partial charge in [-0.25, -0.2) is 4.79 Å². The second-order valence-corrected chi connectivity index (χ2v) is 6.37. The smallest absolute Gasteiger partial charge is 0.424 e. The van der Waals surface area contributed by atoms with Gasteiger partial charge >= 0.3 is 12.1 Å². The highest BCUT2D eigenvalue weighted by Gasteiger charge is 2.47. The predicted molar refractivity (Wildman–Crippen MR) is 101 cm³/mol. The fourth-order valence-electron chi connectivity index (χ4n) is 3.02. The van der Waals surface area contributed by atoms with Crippen LogP contribution in [-0.2, 0) is 20.7 Å². The lowest BCUT2D eigenvalue weighted by atomic mass is 10.0. The lowest BCUT2D eigenvalue weighted by Crippen LogP contribution is -2.29. The van der Waals surface area contributed by atoms with E-state index in [0.29, 0.717) is 12.1 Å². The summed E-state index contributed by atoms with van der Waals surface area (Å²) in [6.07, 6.45) is -4.38. The first-order valence-electron chi connectivity index (χ1n) is 8.65. The van der Waals surface area contributed by atoms with Crippen LogP contribution in [0.4, 0.5) is 18.9 Å². The number of rotatable bonds is 4. The zero-order valence-electron chi connectivity index (χ0n) is 15.7. The van der Waals surface area contributed by atoms with E-state index >= 15 is 0 Å². The van der Waals surface area contributed by atoms with Crippen molar-refractivity contribution in [3.63, 3.8) is 0 Å². The van der Waals surface area contributed by atoms with Crippen LogP contribution in [0.5, 0.6) is 0 Å². The largest absolute Gasteiger partial charge is 0.465 e. The summed E-state index contributed by atoms with van der Waals surface area (Å²) in [7, 11) is 0.823. The van der Waals surface area contributed by atoms with Crippen molar-refractivity contribution < 1.29 is 27.5 Å². The third kappa shape index (κ3) is 4.21. The van der Waals surface area contributed by atoms with Crippen LogP contribution >= 0.6 is 0 Å². The SMILES string of the molecule is COC(=O)/C(=C1/C(=O)N(c2ccc(Cc3ccccc3)cc2)N=C1C)C(F)(F)F. The maximum atomic E-state index is 13.4. The molecule has 0 N–H and O–H groups in total. The molecule has 1 aliphatic heterocycles. The first kappa shape index (κ1) is 20.3. The zero-order valence-corrected chi connectivity index (χ0v) is 15.7. The molecule has 0 aromatic heterocycles. The number of carbonyl (C=O) groups is 2. The van der Waals surface area contributed by atoms with E-state index in [1.54, 1.807) is 24.3 Å². The van der Waals surface area contributed by atoms with Crippen LogP contribution in [0, 0.1) is 0 Å². The molecule has 0 bridgehead atoms. The van der Waals surface area contributed by atoms with Crippen LogP contribution in [0.1, 0.15) is 18.1 Å². The van der Waals surface area contributed by atoms with E-state index < -0.39 is 29.2 Å². The number of hydrogen-bond donors (Lipinski definition) is 0. The molecule has 8 heteroatoms. The molecule has 29 heavy (non-hydrogen) atoms. The molecular weight excluding hydrogens is 385 g/mol. The fourth-order valence-corrected chi connectivity index (χ4v) is 3.02. The van der Waals surface area contributed by atoms with Crippen molar-refractivity contribution in [3.05, 3.63) is 76.9 Å². The van der Waals surface area contributed by atoms with Gasteiger partial charge in [-0.3, -0.25) is 4.79 Å². The Morgan fingerprint density at radius 3 is 2.17 bits per heavy atom. The van der Waals surface area contributed by atoms with E-state index in [2.05, 4.69) is 9.84 Å². The number of amides is 1. The third-order valence-corrected chi connectivity index (χ3v) is 4.37. The van der Waals surface area contributed by atoms with Gasteiger partial charge in [0.2, 0.25) is 0 Å². The highest BCUT2D eigenvalue weighted by atomic mass is 19.4. The third-order valence-electron chi connectivity index (χ3n) is 4.37. The molecule has 0 fully saturated rings. The number of nitrogens with zero attached hydrogens (tertiary/aromatic N) is 2. The number of halogens is 3. The van der Waals surface area contributed by atoms with Crippen molar-refractivity contribution in [2.45, 2.75) is 19.5 Å². The molecule has 1 heterocycles. The van der Waals surface area contributed by atoms with Crippen LogP contribution in [0.15, 0.2) is 70.8 Å². The predicted octanol–water partition coefficient (Wildman–Crippen LogP) is 4.03. The summed E-state index contributed by atoms with van der Waals surface area (Å²) in [4.78, 5) is 24.3. The van der Waals surface area contributed by atoms with Crippen molar-refractivity contribution in [2.24, 2.45) is 5.10 Å². The Kier molecular flexibility index (Phi) is 5.54. The molecule has 0 radical (unpaired) electrons. The van der Waals surface area contributed by atoms with Gasteiger partial charge < -0.3 is 4.74 Å². The van der Waals surface area contributed by atoms with Gasteiger partial charge in [-0.05, 0) is 36.6 Å². The Morgan fingerprint density at radius 2 is 1.62 bits per heavy atom. The van der Waals surface area contributed by atoms with Gasteiger partial charge in [0.15, 0.2) is 5.57 Å². The molecule has 0 aliphatic carbocycles. The summed E-state index contributed by atoms with van der Waals surface area (Å²) in [6, 6.07) is 16.5. The Morgan fingerprint density at radius 1 is 1.03 bits per heavy atom. The lowest BCUT2D eigenvalue weighted by molar-refractivity contribution is -0.148. The number of hydrazone groups is 1. The highest BCUT2D eigenvalue weighted by molar-refractivity contribution is 6.32. The van der Waals surface area contributed by atoms with Crippen LogP contribution in [0.3, 0.4) is 0 Å². The number of alkyl halides is 3. The van der Waals surface area contributed by atoms with E-state index in [1.165, 1.54) is 6.92 Å². The second kappa shape index (κ2) is 7.90. The van der Waals surface area contributed by atoms with E-state index in [4.69, 9.17) is 0 Å². The van der Waals surface area contributed by atoms with Crippen molar-refractivity contribution in [2.75, 3.05) is 12.1 Å². The number of esters is 1. The quantitative estimate of drug-likeness (QED) is 0.573. The molecule has 1 aliphatic rings. The minimum Gasteiger partial charge on any atom is -0.465 e. The number of methoxy groups -OCH3 is 1. The van der Waals surface area contributed by atoms with E-state index in [1.807, 2.05) is 30.3 Å². The Bertz CT molecular complexity index is 994. The molecule has 150 valence electrons. The molecule has 3 rings (SSSR count). The number of anilines is 1. The highest BCUT2D eigenvalue weighted by Crippen LogP contribution is 2.34. The van der Waals surface area contributed by atoms with Gasteiger partial charge in [0.05, 0.1) is 24.1 Å². The number of ether oxygens (including phenoxy) is 1. The van der Waals surface area contributed by atoms with E-state index in [0.717, 1.165) is 23.2 Å². The molecule has 0 spiro atoms. The van der Waals surface area contributed by atoms with Gasteiger partial charge in [-0.1, -0.05) is 42.5 Å². The maximum absolute atomic E-state index is 13.4. The number of hydrogen-bond acceptors (Lipinski definition) is 4. The van der Waals surface area contributed by atoms with Crippen LogP contribution in [0.25, 0.3) is 0 Å². The van der Waals surface area contributed by atoms with Crippen molar-refractivity contribution in [1.82, 2.24) is 0 Å². The Labute approximate surface area is 165 Å². The van der Waals surface area contributed by atoms with Gasteiger partial charge in [-0.2, -0.15) is 23.3 Å². The topological polar surface area (TPSA) is 59.0 Å². The first-order chi connectivity index (χ1) is 13.7. The Hall–Kier alpha value is -3.42. The second-order valence-electron chi connectivity index (χ2n) is 6.37. The Balaban J connectivity index is 1.90. The minimum atomic E-state index is -5.05. The molecule has 0 saturated carbocycles. The molecule has 1 amide bonds. The van der Waals surface area contributed by atoms with Gasteiger partial charge in [0, 0.05) is 0 Å².